The van der Waals surface area contributed by atoms with Gasteiger partial charge in [0.1, 0.15) is 5.82 Å². The van der Waals surface area contributed by atoms with Crippen molar-refractivity contribution in [1.82, 2.24) is 20.2 Å². The third-order valence-corrected chi connectivity index (χ3v) is 4.24. The molecule has 1 amide bonds. The van der Waals surface area contributed by atoms with E-state index < -0.39 is 0 Å². The third-order valence-electron chi connectivity index (χ3n) is 4.24. The zero-order valence-electron chi connectivity index (χ0n) is 13.1. The van der Waals surface area contributed by atoms with Crippen molar-refractivity contribution in [2.24, 2.45) is 5.92 Å². The summed E-state index contributed by atoms with van der Waals surface area (Å²) < 4.78 is 0. The Morgan fingerprint density at radius 2 is 2.24 bits per heavy atom. The van der Waals surface area contributed by atoms with Gasteiger partial charge in [-0.25, -0.2) is 4.98 Å². The van der Waals surface area contributed by atoms with Gasteiger partial charge in [0, 0.05) is 31.8 Å². The maximum Gasteiger partial charge on any atom is 0.220 e. The number of carbonyl (C=O) groups excluding carboxylic acids is 1. The normalized spacial score (nSPS) is 17.0. The molecule has 1 aromatic rings. The molecule has 2 rings (SSSR count). The monoisotopic (exact) mass is 292 g/mol. The van der Waals surface area contributed by atoms with Gasteiger partial charge < -0.3 is 15.2 Å². The van der Waals surface area contributed by atoms with Crippen molar-refractivity contribution in [3.63, 3.8) is 0 Å². The zero-order valence-corrected chi connectivity index (χ0v) is 13.1. The summed E-state index contributed by atoms with van der Waals surface area (Å²) in [7, 11) is 0. The highest BCUT2D eigenvalue weighted by Crippen LogP contribution is 2.15. The Kier molecular flexibility index (Phi) is 6.73. The van der Waals surface area contributed by atoms with Gasteiger partial charge in [-0.1, -0.05) is 6.92 Å². The van der Waals surface area contributed by atoms with Crippen LogP contribution in [-0.2, 0) is 11.2 Å². The van der Waals surface area contributed by atoms with E-state index >= 15 is 0 Å². The van der Waals surface area contributed by atoms with Crippen molar-refractivity contribution in [3.05, 3.63) is 18.2 Å². The fourth-order valence-electron chi connectivity index (χ4n) is 2.73. The van der Waals surface area contributed by atoms with Gasteiger partial charge in [0.2, 0.25) is 5.91 Å². The van der Waals surface area contributed by atoms with Gasteiger partial charge in [-0.2, -0.15) is 0 Å². The van der Waals surface area contributed by atoms with E-state index in [0.29, 0.717) is 12.8 Å². The van der Waals surface area contributed by atoms with Crippen molar-refractivity contribution >= 4 is 5.91 Å². The second-order valence-electron chi connectivity index (χ2n) is 6.12. The van der Waals surface area contributed by atoms with Crippen molar-refractivity contribution < 1.29 is 4.79 Å². The molecule has 0 aromatic carbocycles. The van der Waals surface area contributed by atoms with E-state index in [0.717, 1.165) is 24.7 Å². The number of aromatic amines is 1. The molecular formula is C16H28N4O. The molecule has 0 aliphatic carbocycles. The largest absolute Gasteiger partial charge is 0.356 e. The highest BCUT2D eigenvalue weighted by molar-refractivity contribution is 5.75. The van der Waals surface area contributed by atoms with Crippen LogP contribution in [0, 0.1) is 5.92 Å². The van der Waals surface area contributed by atoms with E-state index in [-0.39, 0.29) is 5.91 Å². The first-order valence-corrected chi connectivity index (χ1v) is 8.21. The van der Waals surface area contributed by atoms with Crippen molar-refractivity contribution in [3.8, 4) is 0 Å². The van der Waals surface area contributed by atoms with Crippen LogP contribution >= 0.6 is 0 Å². The number of rotatable bonds is 8. The molecule has 0 spiro atoms. The van der Waals surface area contributed by atoms with Gasteiger partial charge >= 0.3 is 0 Å². The molecule has 1 fully saturated rings. The van der Waals surface area contributed by atoms with Gasteiger partial charge in [-0.05, 0) is 51.2 Å². The van der Waals surface area contributed by atoms with Crippen LogP contribution in [0.1, 0.15) is 44.9 Å². The number of aromatic nitrogens is 2. The molecule has 0 saturated carbocycles. The number of aryl methyl sites for hydroxylation is 1. The van der Waals surface area contributed by atoms with E-state index in [4.69, 9.17) is 0 Å². The Hall–Kier alpha value is -1.36. The van der Waals surface area contributed by atoms with Crippen LogP contribution < -0.4 is 5.32 Å². The molecule has 5 nitrogen and oxygen atoms in total. The number of piperidine rings is 1. The summed E-state index contributed by atoms with van der Waals surface area (Å²) in [5.41, 5.74) is 0. The number of nitrogens with zero attached hydrogens (tertiary/aromatic N) is 2. The summed E-state index contributed by atoms with van der Waals surface area (Å²) in [6.45, 7) is 6.80. The zero-order chi connectivity index (χ0) is 14.9. The molecule has 5 heteroatoms. The lowest BCUT2D eigenvalue weighted by molar-refractivity contribution is -0.121. The summed E-state index contributed by atoms with van der Waals surface area (Å²) in [6, 6.07) is 0. The fraction of sp³-hybridized carbons (Fsp3) is 0.750. The average Bonchev–Trinajstić information content (AvgIpc) is 3.00. The first kappa shape index (κ1) is 16.0. The van der Waals surface area contributed by atoms with Gasteiger partial charge in [-0.15, -0.1) is 0 Å². The summed E-state index contributed by atoms with van der Waals surface area (Å²) >= 11 is 0. The molecule has 21 heavy (non-hydrogen) atoms. The minimum absolute atomic E-state index is 0.123. The van der Waals surface area contributed by atoms with Gasteiger partial charge in [-0.3, -0.25) is 4.79 Å². The Bertz CT molecular complexity index is 396. The van der Waals surface area contributed by atoms with Crippen molar-refractivity contribution in [2.75, 3.05) is 26.2 Å². The minimum Gasteiger partial charge on any atom is -0.356 e. The maximum absolute atomic E-state index is 11.7. The van der Waals surface area contributed by atoms with Crippen LogP contribution in [-0.4, -0.2) is 47.0 Å². The standard InChI is InChI=1S/C16H28N4O/c1-14-6-12-20(13-7-14)11-3-2-8-19-16(21)5-4-15-17-9-10-18-15/h9-10,14H,2-8,11-13H2,1H3,(H,17,18)(H,19,21). The second kappa shape index (κ2) is 8.82. The smallest absolute Gasteiger partial charge is 0.220 e. The lowest BCUT2D eigenvalue weighted by Gasteiger charge is -2.30. The lowest BCUT2D eigenvalue weighted by Crippen LogP contribution is -2.34. The predicted octanol–water partition coefficient (Wildman–Crippen LogP) is 1.97. The molecule has 1 aliphatic heterocycles. The summed E-state index contributed by atoms with van der Waals surface area (Å²) in [5.74, 6) is 1.90. The first-order valence-electron chi connectivity index (χ1n) is 8.21. The van der Waals surface area contributed by atoms with E-state index in [1.54, 1.807) is 12.4 Å². The highest BCUT2D eigenvalue weighted by Gasteiger charge is 2.14. The van der Waals surface area contributed by atoms with Crippen LogP contribution in [0.15, 0.2) is 12.4 Å². The number of unbranched alkanes of at least 4 members (excludes halogenated alkanes) is 1. The topological polar surface area (TPSA) is 61.0 Å². The number of hydrogen-bond acceptors (Lipinski definition) is 3. The number of imidazole rings is 1. The molecule has 2 heterocycles. The molecule has 2 N–H and O–H groups in total. The van der Waals surface area contributed by atoms with Crippen LogP contribution in [0.2, 0.25) is 0 Å². The Morgan fingerprint density at radius 1 is 1.43 bits per heavy atom. The predicted molar refractivity (Wildman–Crippen MR) is 84.0 cm³/mol. The SMILES string of the molecule is CC1CCN(CCCCNC(=O)CCc2ncc[nH]2)CC1. The van der Waals surface area contributed by atoms with Gasteiger partial charge in [0.15, 0.2) is 0 Å². The minimum atomic E-state index is 0.123. The highest BCUT2D eigenvalue weighted by atomic mass is 16.1. The number of hydrogen-bond donors (Lipinski definition) is 2. The van der Waals surface area contributed by atoms with Crippen LogP contribution in [0.5, 0.6) is 0 Å². The molecule has 118 valence electrons. The fourth-order valence-corrected chi connectivity index (χ4v) is 2.73. The maximum atomic E-state index is 11.7. The molecule has 0 radical (unpaired) electrons. The molecule has 0 atom stereocenters. The Labute approximate surface area is 127 Å². The molecule has 1 saturated heterocycles. The first-order chi connectivity index (χ1) is 10.2. The number of likely N-dealkylation sites (tertiary alicyclic amines) is 1. The van der Waals surface area contributed by atoms with Crippen LogP contribution in [0.3, 0.4) is 0 Å². The number of amides is 1. The average molecular weight is 292 g/mol. The Balaban J connectivity index is 1.45. The van der Waals surface area contributed by atoms with E-state index in [2.05, 4.69) is 27.1 Å². The number of carbonyl (C=O) groups is 1. The van der Waals surface area contributed by atoms with E-state index in [1.807, 2.05) is 0 Å². The summed E-state index contributed by atoms with van der Waals surface area (Å²) in [5, 5.41) is 2.99. The van der Waals surface area contributed by atoms with Gasteiger partial charge in [0.05, 0.1) is 0 Å². The van der Waals surface area contributed by atoms with Crippen LogP contribution in [0.4, 0.5) is 0 Å². The number of H-pyrrole nitrogens is 1. The molecule has 1 aliphatic rings. The molecular weight excluding hydrogens is 264 g/mol. The molecule has 0 bridgehead atoms. The summed E-state index contributed by atoms with van der Waals surface area (Å²) in [6.07, 6.45) is 9.61. The number of nitrogens with one attached hydrogen (secondary N) is 2. The molecule has 0 unspecified atom stereocenters. The van der Waals surface area contributed by atoms with Crippen molar-refractivity contribution in [2.45, 2.75) is 45.4 Å². The van der Waals surface area contributed by atoms with Gasteiger partial charge in [0.25, 0.3) is 0 Å². The molecule has 1 aromatic heterocycles. The van der Waals surface area contributed by atoms with E-state index in [9.17, 15) is 4.79 Å². The summed E-state index contributed by atoms with van der Waals surface area (Å²) in [4.78, 5) is 21.4. The van der Waals surface area contributed by atoms with Crippen molar-refractivity contribution in [1.29, 1.82) is 0 Å². The Morgan fingerprint density at radius 3 is 2.95 bits per heavy atom. The third kappa shape index (κ3) is 6.29. The van der Waals surface area contributed by atoms with Crippen LogP contribution in [0.25, 0.3) is 0 Å². The van der Waals surface area contributed by atoms with E-state index in [1.165, 1.54) is 38.9 Å². The lowest BCUT2D eigenvalue weighted by atomic mass is 9.99. The second-order valence-corrected chi connectivity index (χ2v) is 6.12. The quantitative estimate of drug-likeness (QED) is 0.720.